The lowest BCUT2D eigenvalue weighted by molar-refractivity contribution is 0.582. The van der Waals surface area contributed by atoms with Crippen LogP contribution < -0.4 is 10.0 Å². The average molecular weight is 407 g/mol. The van der Waals surface area contributed by atoms with Crippen molar-refractivity contribution in [2.75, 3.05) is 0 Å². The van der Waals surface area contributed by atoms with Crippen LogP contribution in [0.15, 0.2) is 32.3 Å². The van der Waals surface area contributed by atoms with Crippen LogP contribution in [-0.4, -0.2) is 14.5 Å². The molecule has 0 unspecified atom stereocenters. The second-order valence-electron chi connectivity index (χ2n) is 4.96. The minimum absolute atomic E-state index is 0.324. The Balaban J connectivity index is 1.60. The molecule has 1 fully saturated rings. The van der Waals surface area contributed by atoms with Crippen LogP contribution in [0, 0.1) is 0 Å². The highest BCUT2D eigenvalue weighted by Crippen LogP contribution is 2.24. The standard InChI is InChI=1S/C13H15BrN2O2S3/c14-9-3-11(19-7-9)6-16-21(17,18)13-4-12(20-8-13)5-15-10-1-2-10/h3-4,7-8,10,15-16H,1-2,5-6H2. The number of halogens is 1. The van der Waals surface area contributed by atoms with Gasteiger partial charge in [0.25, 0.3) is 0 Å². The van der Waals surface area contributed by atoms with Crippen molar-refractivity contribution >= 4 is 48.6 Å². The lowest BCUT2D eigenvalue weighted by Gasteiger charge is -2.03. The first-order valence-corrected chi connectivity index (χ1v) is 10.6. The molecule has 3 rings (SSSR count). The first kappa shape index (κ1) is 15.6. The number of hydrogen-bond acceptors (Lipinski definition) is 5. The molecule has 1 aliphatic rings. The normalized spacial score (nSPS) is 15.5. The summed E-state index contributed by atoms with van der Waals surface area (Å²) in [7, 11) is -3.43. The Bertz CT molecular complexity index is 719. The number of thiophene rings is 2. The Morgan fingerprint density at radius 2 is 1.86 bits per heavy atom. The van der Waals surface area contributed by atoms with Crippen LogP contribution >= 0.6 is 38.6 Å². The smallest absolute Gasteiger partial charge is 0.241 e. The van der Waals surface area contributed by atoms with Gasteiger partial charge in [-0.15, -0.1) is 22.7 Å². The highest BCUT2D eigenvalue weighted by atomic mass is 79.9. The maximum Gasteiger partial charge on any atom is 0.241 e. The number of nitrogens with one attached hydrogen (secondary N) is 2. The first-order chi connectivity index (χ1) is 10.0. The predicted octanol–water partition coefficient (Wildman–Crippen LogP) is 3.30. The maximum absolute atomic E-state index is 12.2. The average Bonchev–Trinajstić information content (AvgIpc) is 2.97. The van der Waals surface area contributed by atoms with Crippen molar-refractivity contribution in [3.8, 4) is 0 Å². The Kier molecular flexibility index (Phi) is 4.82. The molecule has 0 bridgehead atoms. The van der Waals surface area contributed by atoms with E-state index in [1.54, 1.807) is 11.4 Å². The van der Waals surface area contributed by atoms with Crippen molar-refractivity contribution in [2.24, 2.45) is 0 Å². The summed E-state index contributed by atoms with van der Waals surface area (Å²) in [6.07, 6.45) is 2.46. The van der Waals surface area contributed by atoms with Crippen LogP contribution in [0.25, 0.3) is 0 Å². The van der Waals surface area contributed by atoms with E-state index in [2.05, 4.69) is 26.0 Å². The van der Waals surface area contributed by atoms with Crippen molar-refractivity contribution in [2.45, 2.75) is 36.9 Å². The first-order valence-electron chi connectivity index (χ1n) is 6.56. The van der Waals surface area contributed by atoms with Gasteiger partial charge in [0, 0.05) is 44.1 Å². The number of hydrogen-bond donors (Lipinski definition) is 2. The lowest BCUT2D eigenvalue weighted by atomic mass is 10.4. The summed E-state index contributed by atoms with van der Waals surface area (Å²) in [5, 5.41) is 7.04. The molecular weight excluding hydrogens is 392 g/mol. The minimum atomic E-state index is -3.43. The molecule has 0 saturated heterocycles. The van der Waals surface area contributed by atoms with E-state index in [4.69, 9.17) is 0 Å². The molecule has 0 aromatic carbocycles. The molecule has 2 heterocycles. The van der Waals surface area contributed by atoms with Gasteiger partial charge in [0.05, 0.1) is 4.90 Å². The fraction of sp³-hybridized carbons (Fsp3) is 0.385. The highest BCUT2D eigenvalue weighted by molar-refractivity contribution is 9.10. The highest BCUT2D eigenvalue weighted by Gasteiger charge is 2.21. The molecule has 8 heteroatoms. The minimum Gasteiger partial charge on any atom is -0.309 e. The summed E-state index contributed by atoms with van der Waals surface area (Å²) >= 11 is 6.38. The van der Waals surface area contributed by atoms with Crippen LogP contribution in [0.3, 0.4) is 0 Å². The third-order valence-electron chi connectivity index (χ3n) is 3.14. The molecule has 1 aliphatic carbocycles. The van der Waals surface area contributed by atoms with E-state index in [0.717, 1.165) is 20.8 Å². The van der Waals surface area contributed by atoms with E-state index < -0.39 is 10.0 Å². The van der Waals surface area contributed by atoms with Crippen LogP contribution in [0.5, 0.6) is 0 Å². The second-order valence-corrected chi connectivity index (χ2v) is 9.63. The van der Waals surface area contributed by atoms with E-state index >= 15 is 0 Å². The molecule has 0 spiro atoms. The quantitative estimate of drug-likeness (QED) is 0.741. The van der Waals surface area contributed by atoms with Gasteiger partial charge in [-0.1, -0.05) is 0 Å². The van der Waals surface area contributed by atoms with Gasteiger partial charge in [0.2, 0.25) is 10.0 Å². The van der Waals surface area contributed by atoms with E-state index in [1.807, 2.05) is 11.4 Å². The third-order valence-corrected chi connectivity index (χ3v) is 7.30. The van der Waals surface area contributed by atoms with Crippen LogP contribution in [-0.2, 0) is 23.1 Å². The zero-order chi connectivity index (χ0) is 14.9. The Hall–Kier alpha value is -0.250. The fourth-order valence-corrected chi connectivity index (χ4v) is 5.54. The fourth-order valence-electron chi connectivity index (χ4n) is 1.82. The molecule has 0 atom stereocenters. The van der Waals surface area contributed by atoms with Crippen molar-refractivity contribution in [3.05, 3.63) is 37.1 Å². The molecular formula is C13H15BrN2O2S3. The summed E-state index contributed by atoms with van der Waals surface area (Å²) in [5.74, 6) is 0. The van der Waals surface area contributed by atoms with Gasteiger partial charge in [-0.25, -0.2) is 13.1 Å². The molecule has 21 heavy (non-hydrogen) atoms. The number of rotatable bonds is 7. The van der Waals surface area contributed by atoms with Crippen LogP contribution in [0.1, 0.15) is 22.6 Å². The van der Waals surface area contributed by atoms with Gasteiger partial charge in [0.15, 0.2) is 0 Å². The molecule has 4 nitrogen and oxygen atoms in total. The summed E-state index contributed by atoms with van der Waals surface area (Å²) in [4.78, 5) is 2.40. The van der Waals surface area contributed by atoms with Crippen molar-refractivity contribution in [1.82, 2.24) is 10.0 Å². The molecule has 0 amide bonds. The SMILES string of the molecule is O=S(=O)(NCc1cc(Br)cs1)c1csc(CNC2CC2)c1. The van der Waals surface area contributed by atoms with Crippen LogP contribution in [0.4, 0.5) is 0 Å². The maximum atomic E-state index is 12.2. The topological polar surface area (TPSA) is 58.2 Å². The molecule has 114 valence electrons. The van der Waals surface area contributed by atoms with E-state index in [9.17, 15) is 8.42 Å². The van der Waals surface area contributed by atoms with Gasteiger partial charge >= 0.3 is 0 Å². The molecule has 0 radical (unpaired) electrons. The Morgan fingerprint density at radius 3 is 2.52 bits per heavy atom. The predicted molar refractivity (Wildman–Crippen MR) is 90.2 cm³/mol. The van der Waals surface area contributed by atoms with Gasteiger partial charge in [-0.2, -0.15) is 0 Å². The zero-order valence-corrected chi connectivity index (χ0v) is 15.2. The molecule has 0 aliphatic heterocycles. The van der Waals surface area contributed by atoms with Gasteiger partial charge in [-0.3, -0.25) is 0 Å². The summed E-state index contributed by atoms with van der Waals surface area (Å²) in [5.41, 5.74) is 0. The van der Waals surface area contributed by atoms with Gasteiger partial charge < -0.3 is 5.32 Å². The Morgan fingerprint density at radius 1 is 1.14 bits per heavy atom. The van der Waals surface area contributed by atoms with Crippen molar-refractivity contribution in [3.63, 3.8) is 0 Å². The summed E-state index contributed by atoms with van der Waals surface area (Å²) in [6.45, 7) is 1.08. The van der Waals surface area contributed by atoms with E-state index in [0.29, 0.717) is 17.5 Å². The monoisotopic (exact) mass is 406 g/mol. The zero-order valence-electron chi connectivity index (χ0n) is 11.1. The van der Waals surface area contributed by atoms with Crippen molar-refractivity contribution in [1.29, 1.82) is 0 Å². The summed E-state index contributed by atoms with van der Waals surface area (Å²) in [6, 6.07) is 4.31. The molecule has 2 N–H and O–H groups in total. The van der Waals surface area contributed by atoms with Gasteiger partial charge in [0.1, 0.15) is 0 Å². The largest absolute Gasteiger partial charge is 0.309 e. The lowest BCUT2D eigenvalue weighted by Crippen LogP contribution is -2.22. The molecule has 2 aromatic rings. The van der Waals surface area contributed by atoms with E-state index in [1.165, 1.54) is 35.5 Å². The third kappa shape index (κ3) is 4.37. The molecule has 1 saturated carbocycles. The second kappa shape index (κ2) is 6.47. The van der Waals surface area contributed by atoms with Gasteiger partial charge in [-0.05, 0) is 40.9 Å². The molecule has 2 aromatic heterocycles. The Labute approximate surface area is 140 Å². The van der Waals surface area contributed by atoms with Crippen LogP contribution in [0.2, 0.25) is 0 Å². The number of sulfonamides is 1. The van der Waals surface area contributed by atoms with E-state index in [-0.39, 0.29) is 0 Å². The van der Waals surface area contributed by atoms with Crippen molar-refractivity contribution < 1.29 is 8.42 Å². The summed E-state index contributed by atoms with van der Waals surface area (Å²) < 4.78 is 28.1.